The van der Waals surface area contributed by atoms with E-state index in [0.717, 1.165) is 39.6 Å². The number of ether oxygens (including phenoxy) is 1. The van der Waals surface area contributed by atoms with Crippen LogP contribution in [0.1, 0.15) is 57.7 Å². The van der Waals surface area contributed by atoms with Crippen molar-refractivity contribution in [3.8, 4) is 11.8 Å². The molecule has 0 saturated heterocycles. The van der Waals surface area contributed by atoms with Crippen LogP contribution in [0.15, 0.2) is 64.7 Å². The summed E-state index contributed by atoms with van der Waals surface area (Å²) in [6.45, 7) is 10.4. The fourth-order valence-corrected chi connectivity index (χ4v) is 4.34. The molecule has 0 aliphatic carbocycles. The van der Waals surface area contributed by atoms with Gasteiger partial charge in [-0.1, -0.05) is 56.3 Å². The first-order chi connectivity index (χ1) is 15.0. The van der Waals surface area contributed by atoms with Gasteiger partial charge in [0.25, 0.3) is 0 Å². The third-order valence-electron chi connectivity index (χ3n) is 4.97. The Bertz CT molecular complexity index is 1050. The number of methoxy groups -OCH3 is 1. The maximum absolute atomic E-state index is 9.13. The van der Waals surface area contributed by atoms with Crippen molar-refractivity contribution in [2.45, 2.75) is 41.0 Å². The molecule has 0 saturated carbocycles. The minimum absolute atomic E-state index is 0.656. The molecule has 2 aromatic rings. The van der Waals surface area contributed by atoms with E-state index in [4.69, 9.17) is 21.6 Å². The van der Waals surface area contributed by atoms with Crippen LogP contribution in [0.25, 0.3) is 11.3 Å². The molecule has 0 amide bonds. The Balaban J connectivity index is 0.00000166. The Labute approximate surface area is 195 Å². The fourth-order valence-electron chi connectivity index (χ4n) is 3.22. The normalized spacial score (nSPS) is 15.0. The molecule has 162 valence electrons. The van der Waals surface area contributed by atoms with Crippen LogP contribution in [0.5, 0.6) is 5.75 Å². The molecular formula is C26H29ClN2OS. The standard InChI is InChI=1S/C24H23ClN2OS.C2H6/c1-5-16(2)23(19-8-6-18(15-26)7-9-19)27-12-13-29-24(27)17(3)21-14-20(28-4)10-11-22(21)25;1-2/h6-14H,5H2,1-4H3;1-2H3/b23-16?,24-17-;. The molecule has 0 unspecified atom stereocenters. The molecule has 1 aliphatic rings. The number of allylic oxidation sites excluding steroid dienone is 2. The average molecular weight is 453 g/mol. The number of benzene rings is 2. The van der Waals surface area contributed by atoms with Gasteiger partial charge in [-0.15, -0.1) is 0 Å². The van der Waals surface area contributed by atoms with Crippen LogP contribution in [0, 0.1) is 11.3 Å². The van der Waals surface area contributed by atoms with Crippen LogP contribution in [-0.4, -0.2) is 12.0 Å². The van der Waals surface area contributed by atoms with E-state index in [1.807, 2.05) is 56.3 Å². The molecule has 0 atom stereocenters. The van der Waals surface area contributed by atoms with Crippen LogP contribution in [0.4, 0.5) is 0 Å². The summed E-state index contributed by atoms with van der Waals surface area (Å²) in [4.78, 5) is 2.22. The lowest BCUT2D eigenvalue weighted by atomic mass is 10.0. The first kappa shape index (κ1) is 24.7. The lowest BCUT2D eigenvalue weighted by Gasteiger charge is -2.26. The first-order valence-corrected chi connectivity index (χ1v) is 11.6. The van der Waals surface area contributed by atoms with Gasteiger partial charge in [-0.25, -0.2) is 0 Å². The van der Waals surface area contributed by atoms with E-state index < -0.39 is 0 Å². The van der Waals surface area contributed by atoms with Crippen molar-refractivity contribution in [2.24, 2.45) is 0 Å². The number of thioether (sulfide) groups is 1. The van der Waals surface area contributed by atoms with E-state index in [1.165, 1.54) is 5.57 Å². The van der Waals surface area contributed by atoms with Crippen LogP contribution >= 0.6 is 23.4 Å². The molecule has 1 aliphatic heterocycles. The van der Waals surface area contributed by atoms with E-state index >= 15 is 0 Å². The average Bonchev–Trinajstić information content (AvgIpc) is 3.30. The molecule has 31 heavy (non-hydrogen) atoms. The van der Waals surface area contributed by atoms with Crippen molar-refractivity contribution >= 4 is 34.6 Å². The zero-order valence-corrected chi connectivity index (χ0v) is 20.6. The van der Waals surface area contributed by atoms with E-state index in [1.54, 1.807) is 18.9 Å². The van der Waals surface area contributed by atoms with Gasteiger partial charge < -0.3 is 9.64 Å². The van der Waals surface area contributed by atoms with Gasteiger partial charge in [0.05, 0.1) is 29.5 Å². The van der Waals surface area contributed by atoms with Gasteiger partial charge in [-0.3, -0.25) is 0 Å². The molecule has 1 heterocycles. The monoisotopic (exact) mass is 452 g/mol. The van der Waals surface area contributed by atoms with Crippen molar-refractivity contribution in [1.82, 2.24) is 4.90 Å². The molecule has 0 aromatic heterocycles. The lowest BCUT2D eigenvalue weighted by Crippen LogP contribution is -2.13. The van der Waals surface area contributed by atoms with Crippen molar-refractivity contribution in [3.05, 3.63) is 86.4 Å². The molecule has 0 radical (unpaired) electrons. The SMILES string of the molecule is CC.CCC(C)=C(c1ccc(C#N)cc1)N1C=CS/C1=C(/C)c1cc(OC)ccc1Cl. The van der Waals surface area contributed by atoms with E-state index in [2.05, 4.69) is 43.3 Å². The Morgan fingerprint density at radius 2 is 1.81 bits per heavy atom. The molecule has 5 heteroatoms. The van der Waals surface area contributed by atoms with Crippen molar-refractivity contribution in [2.75, 3.05) is 7.11 Å². The summed E-state index contributed by atoms with van der Waals surface area (Å²) in [7, 11) is 1.66. The summed E-state index contributed by atoms with van der Waals surface area (Å²) in [5.74, 6) is 0.777. The second kappa shape index (κ2) is 11.7. The number of hydrogen-bond acceptors (Lipinski definition) is 4. The Morgan fingerprint density at radius 1 is 1.13 bits per heavy atom. The number of nitrogens with zero attached hydrogens (tertiary/aromatic N) is 2. The fraction of sp³-hybridized carbons (Fsp3) is 0.269. The Hall–Kier alpha value is -2.61. The summed E-state index contributed by atoms with van der Waals surface area (Å²) in [5, 5.41) is 13.0. The minimum Gasteiger partial charge on any atom is -0.497 e. The van der Waals surface area contributed by atoms with Gasteiger partial charge in [0.15, 0.2) is 0 Å². The zero-order chi connectivity index (χ0) is 23.0. The van der Waals surface area contributed by atoms with Crippen molar-refractivity contribution in [3.63, 3.8) is 0 Å². The van der Waals surface area contributed by atoms with Gasteiger partial charge >= 0.3 is 0 Å². The molecular weight excluding hydrogens is 424 g/mol. The molecule has 3 rings (SSSR count). The maximum atomic E-state index is 9.13. The minimum atomic E-state index is 0.656. The quantitative estimate of drug-likeness (QED) is 0.457. The summed E-state index contributed by atoms with van der Waals surface area (Å²) in [6.07, 6.45) is 3.01. The summed E-state index contributed by atoms with van der Waals surface area (Å²) in [5.41, 5.74) is 6.17. The Morgan fingerprint density at radius 3 is 2.39 bits per heavy atom. The number of halogens is 1. The molecule has 0 bridgehead atoms. The summed E-state index contributed by atoms with van der Waals surface area (Å²) in [6, 6.07) is 15.6. The highest BCUT2D eigenvalue weighted by atomic mass is 35.5. The van der Waals surface area contributed by atoms with Crippen LogP contribution < -0.4 is 4.74 Å². The third-order valence-corrected chi connectivity index (χ3v) is 6.28. The molecule has 0 N–H and O–H groups in total. The van der Waals surface area contributed by atoms with E-state index in [-0.39, 0.29) is 0 Å². The highest BCUT2D eigenvalue weighted by Gasteiger charge is 2.23. The van der Waals surface area contributed by atoms with Crippen LogP contribution in [-0.2, 0) is 0 Å². The summed E-state index contributed by atoms with van der Waals surface area (Å²) >= 11 is 8.19. The third kappa shape index (κ3) is 5.55. The largest absolute Gasteiger partial charge is 0.497 e. The molecule has 2 aromatic carbocycles. The smallest absolute Gasteiger partial charge is 0.119 e. The first-order valence-electron chi connectivity index (χ1n) is 10.4. The summed E-state index contributed by atoms with van der Waals surface area (Å²) < 4.78 is 5.39. The predicted molar refractivity (Wildman–Crippen MR) is 135 cm³/mol. The van der Waals surface area contributed by atoms with Crippen LogP contribution in [0.2, 0.25) is 5.02 Å². The van der Waals surface area contributed by atoms with Gasteiger partial charge in [-0.2, -0.15) is 5.26 Å². The maximum Gasteiger partial charge on any atom is 0.119 e. The highest BCUT2D eigenvalue weighted by Crippen LogP contribution is 2.43. The van der Waals surface area contributed by atoms with Crippen LogP contribution in [0.3, 0.4) is 0 Å². The van der Waals surface area contributed by atoms with Gasteiger partial charge in [0, 0.05) is 16.8 Å². The Kier molecular flexibility index (Phi) is 9.30. The molecule has 0 spiro atoms. The van der Waals surface area contributed by atoms with Crippen molar-refractivity contribution in [1.29, 1.82) is 5.26 Å². The highest BCUT2D eigenvalue weighted by molar-refractivity contribution is 8.06. The van der Waals surface area contributed by atoms with Gasteiger partial charge in [0.1, 0.15) is 5.75 Å². The van der Waals surface area contributed by atoms with E-state index in [9.17, 15) is 0 Å². The number of nitriles is 1. The zero-order valence-electron chi connectivity index (χ0n) is 19.0. The van der Waals surface area contributed by atoms with Gasteiger partial charge in [0.2, 0.25) is 0 Å². The lowest BCUT2D eigenvalue weighted by molar-refractivity contribution is 0.414. The second-order valence-electron chi connectivity index (χ2n) is 6.72. The van der Waals surface area contributed by atoms with E-state index in [0.29, 0.717) is 10.6 Å². The second-order valence-corrected chi connectivity index (χ2v) is 8.02. The predicted octanol–water partition coefficient (Wildman–Crippen LogP) is 8.30. The topological polar surface area (TPSA) is 36.3 Å². The van der Waals surface area contributed by atoms with Gasteiger partial charge in [-0.05, 0) is 72.7 Å². The molecule has 0 fully saturated rings. The number of hydrogen-bond donors (Lipinski definition) is 0. The number of rotatable bonds is 5. The molecule has 3 nitrogen and oxygen atoms in total. The van der Waals surface area contributed by atoms with Crippen molar-refractivity contribution < 1.29 is 4.74 Å².